The van der Waals surface area contributed by atoms with Crippen LogP contribution in [0.25, 0.3) is 0 Å². The van der Waals surface area contributed by atoms with Gasteiger partial charge in [-0.3, -0.25) is 4.90 Å². The number of aliphatic hydroxyl groups is 1. The van der Waals surface area contributed by atoms with E-state index in [0.29, 0.717) is 6.04 Å². The van der Waals surface area contributed by atoms with Crippen LogP contribution in [0.1, 0.15) is 33.1 Å². The van der Waals surface area contributed by atoms with Crippen LogP contribution in [-0.4, -0.2) is 61.5 Å². The Hall–Kier alpha value is -0.160. The summed E-state index contributed by atoms with van der Waals surface area (Å²) in [4.78, 5) is 2.48. The Morgan fingerprint density at radius 2 is 2.21 bits per heavy atom. The highest BCUT2D eigenvalue weighted by atomic mass is 16.5. The van der Waals surface area contributed by atoms with Gasteiger partial charge in [0.15, 0.2) is 0 Å². The van der Waals surface area contributed by atoms with E-state index >= 15 is 0 Å². The lowest BCUT2D eigenvalue weighted by atomic mass is 9.78. The Bertz CT molecular complexity index is 263. The molecule has 0 spiro atoms. The second kappa shape index (κ2) is 7.58. The molecule has 1 heterocycles. The maximum absolute atomic E-state index is 9.23. The number of nitrogens with one attached hydrogen (secondary N) is 1. The fourth-order valence-corrected chi connectivity index (χ4v) is 3.62. The van der Waals surface area contributed by atoms with E-state index in [4.69, 9.17) is 4.74 Å². The molecule has 0 radical (unpaired) electrons. The summed E-state index contributed by atoms with van der Waals surface area (Å²) in [5.41, 5.74) is 0. The average molecular weight is 270 g/mol. The third-order valence-corrected chi connectivity index (χ3v) is 4.63. The topological polar surface area (TPSA) is 44.7 Å². The van der Waals surface area contributed by atoms with E-state index < -0.39 is 0 Å². The number of hydrogen-bond acceptors (Lipinski definition) is 4. The number of morpholine rings is 1. The van der Waals surface area contributed by atoms with Crippen LogP contribution >= 0.6 is 0 Å². The predicted octanol–water partition coefficient (Wildman–Crippen LogP) is 1.09. The van der Waals surface area contributed by atoms with Gasteiger partial charge in [-0.15, -0.1) is 0 Å². The van der Waals surface area contributed by atoms with Crippen LogP contribution in [-0.2, 0) is 4.74 Å². The molecule has 4 unspecified atom stereocenters. The second-order valence-corrected chi connectivity index (χ2v) is 6.28. The highest BCUT2D eigenvalue weighted by molar-refractivity contribution is 4.86. The molecule has 2 rings (SSSR count). The summed E-state index contributed by atoms with van der Waals surface area (Å²) < 4.78 is 5.53. The minimum absolute atomic E-state index is 0.0207. The molecule has 19 heavy (non-hydrogen) atoms. The first kappa shape index (κ1) is 15.2. The maximum Gasteiger partial charge on any atom is 0.0932 e. The van der Waals surface area contributed by atoms with Crippen molar-refractivity contribution in [1.29, 1.82) is 0 Å². The van der Waals surface area contributed by atoms with Gasteiger partial charge in [-0.25, -0.2) is 0 Å². The molecule has 0 bridgehead atoms. The van der Waals surface area contributed by atoms with E-state index in [2.05, 4.69) is 24.1 Å². The summed E-state index contributed by atoms with van der Waals surface area (Å²) in [5.74, 6) is 1.61. The normalized spacial score (nSPS) is 37.4. The Kier molecular flexibility index (Phi) is 6.07. The molecular weight excluding hydrogens is 240 g/mol. The van der Waals surface area contributed by atoms with Crippen molar-refractivity contribution in [3.63, 3.8) is 0 Å². The molecule has 112 valence electrons. The van der Waals surface area contributed by atoms with E-state index in [1.807, 2.05) is 0 Å². The molecule has 2 fully saturated rings. The lowest BCUT2D eigenvalue weighted by molar-refractivity contribution is -0.0591. The molecule has 1 aliphatic carbocycles. The summed E-state index contributed by atoms with van der Waals surface area (Å²) in [6, 6.07) is 0.677. The van der Waals surface area contributed by atoms with Gasteiger partial charge < -0.3 is 15.2 Å². The number of ether oxygens (including phenoxy) is 1. The van der Waals surface area contributed by atoms with Crippen molar-refractivity contribution < 1.29 is 9.84 Å². The third-order valence-electron chi connectivity index (χ3n) is 4.63. The molecule has 4 nitrogen and oxygen atoms in total. The van der Waals surface area contributed by atoms with Crippen LogP contribution in [0.5, 0.6) is 0 Å². The standard InChI is InChI=1S/C15H30N2O2/c1-3-16-15-5-4-12(2)8-13(15)9-17-6-7-19-14(10-17)11-18/h12-16,18H,3-11H2,1-2H3. The molecule has 0 aromatic carbocycles. The second-order valence-electron chi connectivity index (χ2n) is 6.28. The summed E-state index contributed by atoms with van der Waals surface area (Å²) in [5, 5.41) is 12.9. The van der Waals surface area contributed by atoms with Crippen molar-refractivity contribution in [2.75, 3.05) is 39.4 Å². The lowest BCUT2D eigenvalue weighted by Gasteiger charge is -2.40. The van der Waals surface area contributed by atoms with Gasteiger partial charge in [-0.05, 0) is 37.6 Å². The number of rotatable bonds is 5. The first-order valence-corrected chi connectivity index (χ1v) is 7.91. The van der Waals surface area contributed by atoms with Gasteiger partial charge in [-0.2, -0.15) is 0 Å². The summed E-state index contributed by atoms with van der Waals surface area (Å²) in [6.45, 7) is 9.62. The summed E-state index contributed by atoms with van der Waals surface area (Å²) in [7, 11) is 0. The van der Waals surface area contributed by atoms with Crippen LogP contribution in [0.2, 0.25) is 0 Å². The zero-order chi connectivity index (χ0) is 13.7. The third kappa shape index (κ3) is 4.42. The highest BCUT2D eigenvalue weighted by Gasteiger charge is 2.31. The number of hydrogen-bond donors (Lipinski definition) is 2. The van der Waals surface area contributed by atoms with Crippen LogP contribution in [0.3, 0.4) is 0 Å². The van der Waals surface area contributed by atoms with Gasteiger partial charge in [0.1, 0.15) is 0 Å². The van der Waals surface area contributed by atoms with E-state index in [0.717, 1.165) is 44.6 Å². The summed E-state index contributed by atoms with van der Waals surface area (Å²) >= 11 is 0. The quantitative estimate of drug-likeness (QED) is 0.785. The molecule has 2 N–H and O–H groups in total. The van der Waals surface area contributed by atoms with E-state index in [1.54, 1.807) is 0 Å². The molecule has 0 aromatic rings. The highest BCUT2D eigenvalue weighted by Crippen LogP contribution is 2.30. The van der Waals surface area contributed by atoms with Gasteiger partial charge >= 0.3 is 0 Å². The van der Waals surface area contributed by atoms with Crippen molar-refractivity contribution >= 4 is 0 Å². The fraction of sp³-hybridized carbons (Fsp3) is 1.00. The minimum Gasteiger partial charge on any atom is -0.394 e. The zero-order valence-corrected chi connectivity index (χ0v) is 12.5. The maximum atomic E-state index is 9.23. The van der Waals surface area contributed by atoms with Crippen LogP contribution in [0.15, 0.2) is 0 Å². The first-order valence-electron chi connectivity index (χ1n) is 7.91. The zero-order valence-electron chi connectivity index (χ0n) is 12.5. The molecule has 4 heteroatoms. The largest absolute Gasteiger partial charge is 0.394 e. The fourth-order valence-electron chi connectivity index (χ4n) is 3.62. The molecule has 1 saturated heterocycles. The average Bonchev–Trinajstić information content (AvgIpc) is 2.42. The Morgan fingerprint density at radius 3 is 2.95 bits per heavy atom. The molecule has 1 aliphatic heterocycles. The monoisotopic (exact) mass is 270 g/mol. The Morgan fingerprint density at radius 1 is 1.37 bits per heavy atom. The van der Waals surface area contributed by atoms with Gasteiger partial charge in [0, 0.05) is 25.7 Å². The number of aliphatic hydroxyl groups excluding tert-OH is 1. The van der Waals surface area contributed by atoms with Gasteiger partial charge in [0.05, 0.1) is 19.3 Å². The SMILES string of the molecule is CCNC1CCC(C)CC1CN1CCOC(CO)C1. The smallest absolute Gasteiger partial charge is 0.0932 e. The van der Waals surface area contributed by atoms with Gasteiger partial charge in [0.2, 0.25) is 0 Å². The Labute approximate surface area is 117 Å². The predicted molar refractivity (Wildman–Crippen MR) is 77.2 cm³/mol. The van der Waals surface area contributed by atoms with Crippen LogP contribution < -0.4 is 5.32 Å². The Balaban J connectivity index is 1.86. The summed E-state index contributed by atoms with van der Waals surface area (Å²) in [6.07, 6.45) is 4.02. The van der Waals surface area contributed by atoms with Crippen LogP contribution in [0, 0.1) is 11.8 Å². The van der Waals surface area contributed by atoms with E-state index in [9.17, 15) is 5.11 Å². The first-order chi connectivity index (χ1) is 9.22. The van der Waals surface area contributed by atoms with E-state index in [1.165, 1.54) is 19.3 Å². The minimum atomic E-state index is 0.0207. The van der Waals surface area contributed by atoms with Crippen molar-refractivity contribution in [2.24, 2.45) is 11.8 Å². The van der Waals surface area contributed by atoms with Crippen molar-refractivity contribution in [2.45, 2.75) is 45.3 Å². The van der Waals surface area contributed by atoms with Gasteiger partial charge in [-0.1, -0.05) is 13.8 Å². The molecule has 2 aliphatic rings. The van der Waals surface area contributed by atoms with Gasteiger partial charge in [0.25, 0.3) is 0 Å². The molecule has 4 atom stereocenters. The lowest BCUT2D eigenvalue weighted by Crippen LogP contribution is -2.50. The molecule has 1 saturated carbocycles. The molecule has 0 amide bonds. The van der Waals surface area contributed by atoms with Crippen LogP contribution in [0.4, 0.5) is 0 Å². The number of nitrogens with zero attached hydrogens (tertiary/aromatic N) is 1. The van der Waals surface area contributed by atoms with E-state index in [-0.39, 0.29) is 12.7 Å². The molecular formula is C15H30N2O2. The van der Waals surface area contributed by atoms with Crippen molar-refractivity contribution in [3.05, 3.63) is 0 Å². The molecule has 0 aromatic heterocycles. The van der Waals surface area contributed by atoms with Crippen molar-refractivity contribution in [1.82, 2.24) is 10.2 Å². The van der Waals surface area contributed by atoms with Crippen molar-refractivity contribution in [3.8, 4) is 0 Å².